The normalized spacial score (nSPS) is 15.8. The van der Waals surface area contributed by atoms with Crippen LogP contribution in [0.5, 0.6) is 5.75 Å². The Labute approximate surface area is 172 Å². The topological polar surface area (TPSA) is 63.7 Å². The van der Waals surface area contributed by atoms with E-state index in [9.17, 15) is 18.8 Å². The minimum atomic E-state index is -0.692. The lowest BCUT2D eigenvalue weighted by atomic mass is 10.0. The molecular weight excluding hydrogens is 385 g/mol. The number of esters is 1. The molecular formula is C24H18FNO4. The highest BCUT2D eigenvalue weighted by molar-refractivity contribution is 6.09. The van der Waals surface area contributed by atoms with Gasteiger partial charge in [0.2, 0.25) is 5.91 Å². The summed E-state index contributed by atoms with van der Waals surface area (Å²) in [7, 11) is 0. The highest BCUT2D eigenvalue weighted by Gasteiger charge is 2.37. The lowest BCUT2D eigenvalue weighted by Crippen LogP contribution is -2.28. The molecule has 1 saturated heterocycles. The van der Waals surface area contributed by atoms with Gasteiger partial charge in [0, 0.05) is 24.1 Å². The summed E-state index contributed by atoms with van der Waals surface area (Å²) in [4.78, 5) is 38.5. The van der Waals surface area contributed by atoms with Crippen LogP contribution >= 0.6 is 0 Å². The SMILES string of the molecule is O=C(c1ccccc1)c1ccc(OC(=O)[C@H]2CC(=O)N(c3ccccc3F)C2)cc1. The van der Waals surface area contributed by atoms with Gasteiger partial charge in [0.1, 0.15) is 11.6 Å². The van der Waals surface area contributed by atoms with Crippen molar-refractivity contribution in [3.8, 4) is 5.75 Å². The van der Waals surface area contributed by atoms with Gasteiger partial charge in [0.05, 0.1) is 11.6 Å². The Hall–Kier alpha value is -3.80. The van der Waals surface area contributed by atoms with E-state index in [1.165, 1.54) is 23.1 Å². The van der Waals surface area contributed by atoms with Crippen molar-refractivity contribution < 1.29 is 23.5 Å². The largest absolute Gasteiger partial charge is 0.426 e. The van der Waals surface area contributed by atoms with Crippen LogP contribution < -0.4 is 9.64 Å². The van der Waals surface area contributed by atoms with Gasteiger partial charge in [-0.1, -0.05) is 42.5 Å². The van der Waals surface area contributed by atoms with Gasteiger partial charge in [-0.25, -0.2) is 4.39 Å². The van der Waals surface area contributed by atoms with Crippen molar-refractivity contribution in [2.75, 3.05) is 11.4 Å². The van der Waals surface area contributed by atoms with Crippen LogP contribution in [0.1, 0.15) is 22.3 Å². The summed E-state index contributed by atoms with van der Waals surface area (Å²) in [6, 6.07) is 21.1. The quantitative estimate of drug-likeness (QED) is 0.367. The molecule has 1 amide bonds. The van der Waals surface area contributed by atoms with Crippen molar-refractivity contribution in [1.29, 1.82) is 0 Å². The molecule has 0 spiro atoms. The molecule has 1 aliphatic rings. The molecule has 4 rings (SSSR count). The molecule has 0 aliphatic carbocycles. The van der Waals surface area contributed by atoms with Crippen LogP contribution in [0.3, 0.4) is 0 Å². The maximum Gasteiger partial charge on any atom is 0.316 e. The first-order chi connectivity index (χ1) is 14.5. The third-order valence-electron chi connectivity index (χ3n) is 4.97. The Morgan fingerprint density at radius 3 is 2.20 bits per heavy atom. The molecule has 150 valence electrons. The summed E-state index contributed by atoms with van der Waals surface area (Å²) in [5.41, 5.74) is 1.20. The van der Waals surface area contributed by atoms with Crippen molar-refractivity contribution in [2.45, 2.75) is 6.42 Å². The highest BCUT2D eigenvalue weighted by Crippen LogP contribution is 2.28. The molecule has 1 atom stereocenters. The summed E-state index contributed by atoms with van der Waals surface area (Å²) >= 11 is 0. The molecule has 1 heterocycles. The predicted octanol–water partition coefficient (Wildman–Crippen LogP) is 4.02. The first-order valence-corrected chi connectivity index (χ1v) is 9.49. The number of carbonyl (C=O) groups is 3. The number of ether oxygens (including phenoxy) is 1. The summed E-state index contributed by atoms with van der Waals surface area (Å²) < 4.78 is 19.4. The van der Waals surface area contributed by atoms with Crippen LogP contribution in [0.15, 0.2) is 78.9 Å². The van der Waals surface area contributed by atoms with Crippen molar-refractivity contribution in [2.24, 2.45) is 5.92 Å². The first kappa shape index (κ1) is 19.5. The standard InChI is InChI=1S/C24H18FNO4/c25-20-8-4-5-9-21(20)26-15-18(14-22(26)27)24(29)30-19-12-10-17(11-13-19)23(28)16-6-2-1-3-7-16/h1-13,18H,14-15H2/t18-/m0/s1. The second-order valence-corrected chi connectivity index (χ2v) is 7.00. The van der Waals surface area contributed by atoms with E-state index in [1.807, 2.05) is 6.07 Å². The Balaban J connectivity index is 1.41. The zero-order chi connectivity index (χ0) is 21.1. The molecule has 0 saturated carbocycles. The number of anilines is 1. The summed E-state index contributed by atoms with van der Waals surface area (Å²) in [6.07, 6.45) is -0.0439. The van der Waals surface area contributed by atoms with E-state index in [4.69, 9.17) is 4.74 Å². The van der Waals surface area contributed by atoms with Gasteiger partial charge < -0.3 is 9.64 Å². The molecule has 5 nitrogen and oxygen atoms in total. The van der Waals surface area contributed by atoms with Crippen molar-refractivity contribution in [3.63, 3.8) is 0 Å². The zero-order valence-corrected chi connectivity index (χ0v) is 16.0. The summed E-state index contributed by atoms with van der Waals surface area (Å²) in [5.74, 6) is -1.95. The van der Waals surface area contributed by atoms with E-state index in [0.29, 0.717) is 11.1 Å². The van der Waals surface area contributed by atoms with Crippen LogP contribution in [0.25, 0.3) is 0 Å². The van der Waals surface area contributed by atoms with Crippen molar-refractivity contribution >= 4 is 23.3 Å². The van der Waals surface area contributed by atoms with E-state index in [2.05, 4.69) is 0 Å². The van der Waals surface area contributed by atoms with Crippen molar-refractivity contribution in [1.82, 2.24) is 0 Å². The number of carbonyl (C=O) groups excluding carboxylic acids is 3. The minimum absolute atomic E-state index is 0.0439. The van der Waals surface area contributed by atoms with Gasteiger partial charge in [-0.2, -0.15) is 0 Å². The number of rotatable bonds is 5. The Morgan fingerprint density at radius 1 is 0.867 bits per heavy atom. The molecule has 1 fully saturated rings. The number of hydrogen-bond acceptors (Lipinski definition) is 4. The molecule has 3 aromatic rings. The van der Waals surface area contributed by atoms with Crippen LogP contribution in [0.2, 0.25) is 0 Å². The average Bonchev–Trinajstić information content (AvgIpc) is 3.16. The molecule has 6 heteroatoms. The molecule has 0 bridgehead atoms. The maximum absolute atomic E-state index is 14.0. The number of para-hydroxylation sites is 1. The van der Waals surface area contributed by atoms with Gasteiger partial charge in [-0.05, 0) is 36.4 Å². The fraction of sp³-hybridized carbons (Fsp3) is 0.125. The molecule has 30 heavy (non-hydrogen) atoms. The lowest BCUT2D eigenvalue weighted by molar-refractivity contribution is -0.139. The molecule has 0 unspecified atom stereocenters. The van der Waals surface area contributed by atoms with E-state index < -0.39 is 17.7 Å². The minimum Gasteiger partial charge on any atom is -0.426 e. The van der Waals surface area contributed by atoms with E-state index >= 15 is 0 Å². The molecule has 1 aliphatic heterocycles. The number of hydrogen-bond donors (Lipinski definition) is 0. The first-order valence-electron chi connectivity index (χ1n) is 9.49. The van der Waals surface area contributed by atoms with Gasteiger partial charge in [0.25, 0.3) is 0 Å². The van der Waals surface area contributed by atoms with Gasteiger partial charge in [-0.15, -0.1) is 0 Å². The van der Waals surface area contributed by atoms with Crippen LogP contribution in [0.4, 0.5) is 10.1 Å². The molecule has 0 N–H and O–H groups in total. The lowest BCUT2D eigenvalue weighted by Gasteiger charge is -2.17. The van der Waals surface area contributed by atoms with Crippen LogP contribution in [-0.2, 0) is 9.59 Å². The van der Waals surface area contributed by atoms with Crippen molar-refractivity contribution in [3.05, 3.63) is 95.8 Å². The molecule has 3 aromatic carbocycles. The number of ketones is 1. The molecule has 0 aromatic heterocycles. The van der Waals surface area contributed by atoms with Gasteiger partial charge >= 0.3 is 5.97 Å². The zero-order valence-electron chi connectivity index (χ0n) is 16.0. The summed E-state index contributed by atoms with van der Waals surface area (Å²) in [6.45, 7) is 0.0587. The van der Waals surface area contributed by atoms with E-state index in [-0.39, 0.29) is 36.1 Å². The van der Waals surface area contributed by atoms with E-state index in [1.54, 1.807) is 54.6 Å². The van der Waals surface area contributed by atoms with Gasteiger partial charge in [-0.3, -0.25) is 14.4 Å². The van der Waals surface area contributed by atoms with Crippen LogP contribution in [-0.4, -0.2) is 24.2 Å². The van der Waals surface area contributed by atoms with Crippen LogP contribution in [0, 0.1) is 11.7 Å². The average molecular weight is 403 g/mol. The number of benzene rings is 3. The number of halogens is 1. The fourth-order valence-corrected chi connectivity index (χ4v) is 3.40. The smallest absolute Gasteiger partial charge is 0.316 e. The maximum atomic E-state index is 14.0. The third-order valence-corrected chi connectivity index (χ3v) is 4.97. The number of nitrogens with zero attached hydrogens (tertiary/aromatic N) is 1. The third kappa shape index (κ3) is 3.98. The highest BCUT2D eigenvalue weighted by atomic mass is 19.1. The number of amides is 1. The Kier molecular flexibility index (Phi) is 5.39. The fourth-order valence-electron chi connectivity index (χ4n) is 3.40. The summed E-state index contributed by atoms with van der Waals surface area (Å²) in [5, 5.41) is 0. The second-order valence-electron chi connectivity index (χ2n) is 7.00. The molecule has 0 radical (unpaired) electrons. The Bertz CT molecular complexity index is 1100. The predicted molar refractivity (Wildman–Crippen MR) is 109 cm³/mol. The van der Waals surface area contributed by atoms with E-state index in [0.717, 1.165) is 0 Å². The van der Waals surface area contributed by atoms with Gasteiger partial charge in [0.15, 0.2) is 5.78 Å². The monoisotopic (exact) mass is 403 g/mol. The Morgan fingerprint density at radius 2 is 1.50 bits per heavy atom. The second kappa shape index (κ2) is 8.29.